The number of fused-ring (bicyclic) bond motifs is 1. The quantitative estimate of drug-likeness (QED) is 0.768. The molecule has 2 N–H and O–H groups in total. The highest BCUT2D eigenvalue weighted by Crippen LogP contribution is 2.40. The summed E-state index contributed by atoms with van der Waals surface area (Å²) in [5.41, 5.74) is 1.24. The highest BCUT2D eigenvalue weighted by atomic mass is 16.2. The van der Waals surface area contributed by atoms with Gasteiger partial charge in [0.25, 0.3) is 0 Å². The summed E-state index contributed by atoms with van der Waals surface area (Å²) >= 11 is 0. The summed E-state index contributed by atoms with van der Waals surface area (Å²) in [5.74, 6) is 1.33. The second kappa shape index (κ2) is 5.38. The van der Waals surface area contributed by atoms with Crippen LogP contribution in [-0.2, 0) is 7.05 Å². The fourth-order valence-corrected chi connectivity index (χ4v) is 2.75. The van der Waals surface area contributed by atoms with Crippen LogP contribution in [0.1, 0.15) is 24.7 Å². The van der Waals surface area contributed by atoms with Crippen LogP contribution in [-0.4, -0.2) is 30.2 Å². The summed E-state index contributed by atoms with van der Waals surface area (Å²) in [6.45, 7) is 0. The first kappa shape index (κ1) is 13.7. The Kier molecular flexibility index (Phi) is 3.22. The number of hydrogen-bond donors (Lipinski definition) is 2. The molecule has 3 aromatic rings. The van der Waals surface area contributed by atoms with E-state index in [0.717, 1.165) is 18.7 Å². The van der Waals surface area contributed by atoms with Crippen molar-refractivity contribution in [1.29, 1.82) is 0 Å². The van der Waals surface area contributed by atoms with Crippen LogP contribution >= 0.6 is 0 Å². The van der Waals surface area contributed by atoms with E-state index in [0.29, 0.717) is 17.3 Å². The van der Waals surface area contributed by atoms with E-state index in [2.05, 4.69) is 25.8 Å². The fraction of sp³-hybridized carbons (Fsp3) is 0.333. The van der Waals surface area contributed by atoms with Crippen molar-refractivity contribution in [3.63, 3.8) is 0 Å². The molecule has 3 heterocycles. The molecule has 1 fully saturated rings. The van der Waals surface area contributed by atoms with E-state index in [-0.39, 0.29) is 12.1 Å². The minimum atomic E-state index is -0.263. The van der Waals surface area contributed by atoms with Crippen molar-refractivity contribution in [2.75, 3.05) is 5.32 Å². The molecule has 0 unspecified atom stereocenters. The van der Waals surface area contributed by atoms with Gasteiger partial charge in [0.2, 0.25) is 0 Å². The van der Waals surface area contributed by atoms with Crippen LogP contribution in [0.2, 0.25) is 0 Å². The zero-order valence-corrected chi connectivity index (χ0v) is 12.7. The molecule has 0 aromatic carbocycles. The number of anilines is 1. The van der Waals surface area contributed by atoms with Crippen LogP contribution in [0.3, 0.4) is 0 Å². The first-order chi connectivity index (χ1) is 11.2. The Morgan fingerprint density at radius 3 is 3.00 bits per heavy atom. The summed E-state index contributed by atoms with van der Waals surface area (Å²) in [6, 6.07) is 3.30. The van der Waals surface area contributed by atoms with Gasteiger partial charge in [0.1, 0.15) is 12.2 Å². The molecule has 2 amide bonds. The number of amides is 2. The predicted octanol–water partition coefficient (Wildman–Crippen LogP) is 1.74. The number of urea groups is 1. The molecule has 8 heteroatoms. The Balaban J connectivity index is 1.53. The highest BCUT2D eigenvalue weighted by molar-refractivity contribution is 5.93. The molecule has 0 saturated heterocycles. The monoisotopic (exact) mass is 311 g/mol. The standard InChI is InChI=1S/C15H17N7O/c1-21-8-6-16-14(21)12(10-4-5-10)19-15(23)18-11-3-2-7-22-9-17-20-13(11)22/h2-3,6-10,12H,4-5H2,1H3,(H2,18,19,23)/t12-/m1/s1. The van der Waals surface area contributed by atoms with Gasteiger partial charge >= 0.3 is 6.03 Å². The van der Waals surface area contributed by atoms with Crippen LogP contribution in [0.4, 0.5) is 10.5 Å². The van der Waals surface area contributed by atoms with E-state index in [4.69, 9.17) is 0 Å². The molecule has 1 atom stereocenters. The summed E-state index contributed by atoms with van der Waals surface area (Å²) in [7, 11) is 1.94. The van der Waals surface area contributed by atoms with E-state index in [1.807, 2.05) is 30.1 Å². The number of aryl methyl sites for hydroxylation is 1. The second-order valence-corrected chi connectivity index (χ2v) is 5.79. The lowest BCUT2D eigenvalue weighted by Crippen LogP contribution is -2.35. The van der Waals surface area contributed by atoms with Gasteiger partial charge < -0.3 is 15.2 Å². The van der Waals surface area contributed by atoms with Crippen molar-refractivity contribution in [3.8, 4) is 0 Å². The van der Waals surface area contributed by atoms with Crippen LogP contribution in [0.5, 0.6) is 0 Å². The van der Waals surface area contributed by atoms with Gasteiger partial charge in [0.15, 0.2) is 5.65 Å². The molecular weight excluding hydrogens is 294 g/mol. The lowest BCUT2D eigenvalue weighted by Gasteiger charge is -2.18. The summed E-state index contributed by atoms with van der Waals surface area (Å²) in [6.07, 6.45) is 9.29. The molecule has 1 aliphatic carbocycles. The molecule has 23 heavy (non-hydrogen) atoms. The third-order valence-electron chi connectivity index (χ3n) is 4.09. The zero-order valence-electron chi connectivity index (χ0n) is 12.7. The number of nitrogens with one attached hydrogen (secondary N) is 2. The van der Waals surface area contributed by atoms with E-state index < -0.39 is 0 Å². The average molecular weight is 311 g/mol. The van der Waals surface area contributed by atoms with Crippen molar-refractivity contribution < 1.29 is 4.79 Å². The van der Waals surface area contributed by atoms with Gasteiger partial charge in [-0.2, -0.15) is 0 Å². The maximum absolute atomic E-state index is 12.4. The van der Waals surface area contributed by atoms with Gasteiger partial charge in [-0.05, 0) is 30.9 Å². The van der Waals surface area contributed by atoms with Gasteiger partial charge in [-0.25, -0.2) is 9.78 Å². The van der Waals surface area contributed by atoms with Gasteiger partial charge in [0, 0.05) is 25.6 Å². The Labute approximate surface area is 132 Å². The van der Waals surface area contributed by atoms with E-state index in [1.165, 1.54) is 0 Å². The SMILES string of the molecule is Cn1ccnc1[C@H](NC(=O)Nc1cccn2cnnc12)C1CC1. The molecule has 118 valence electrons. The second-order valence-electron chi connectivity index (χ2n) is 5.79. The number of imidazole rings is 1. The van der Waals surface area contributed by atoms with Crippen LogP contribution in [0.25, 0.3) is 5.65 Å². The Bertz CT molecular complexity index is 848. The molecule has 0 bridgehead atoms. The normalized spacial score (nSPS) is 15.5. The smallest absolute Gasteiger partial charge is 0.319 e. The van der Waals surface area contributed by atoms with Crippen LogP contribution in [0.15, 0.2) is 37.1 Å². The number of aromatic nitrogens is 5. The topological polar surface area (TPSA) is 89.1 Å². The number of hydrogen-bond acceptors (Lipinski definition) is 4. The molecule has 4 rings (SSSR count). The molecular formula is C15H17N7O. The van der Waals surface area contributed by atoms with Crippen LogP contribution < -0.4 is 10.6 Å². The fourth-order valence-electron chi connectivity index (χ4n) is 2.75. The molecule has 1 saturated carbocycles. The maximum Gasteiger partial charge on any atom is 0.319 e. The highest BCUT2D eigenvalue weighted by Gasteiger charge is 2.35. The molecule has 1 aliphatic rings. The van der Waals surface area contributed by atoms with E-state index >= 15 is 0 Å². The Morgan fingerprint density at radius 2 is 2.26 bits per heavy atom. The number of carbonyl (C=O) groups is 1. The number of rotatable bonds is 4. The first-order valence-electron chi connectivity index (χ1n) is 7.55. The van der Waals surface area contributed by atoms with Crippen molar-refractivity contribution in [1.82, 2.24) is 29.5 Å². The summed E-state index contributed by atoms with van der Waals surface area (Å²) in [5, 5.41) is 13.8. The maximum atomic E-state index is 12.4. The minimum absolute atomic E-state index is 0.0763. The lowest BCUT2D eigenvalue weighted by atomic mass is 10.1. The van der Waals surface area contributed by atoms with Gasteiger partial charge in [0.05, 0.1) is 11.7 Å². The third kappa shape index (κ3) is 2.63. The zero-order chi connectivity index (χ0) is 15.8. The Morgan fingerprint density at radius 1 is 1.39 bits per heavy atom. The molecule has 0 spiro atoms. The molecule has 8 nitrogen and oxygen atoms in total. The van der Waals surface area contributed by atoms with Gasteiger partial charge in [-0.3, -0.25) is 4.40 Å². The number of carbonyl (C=O) groups excluding carboxylic acids is 1. The van der Waals surface area contributed by atoms with E-state index in [9.17, 15) is 4.79 Å². The van der Waals surface area contributed by atoms with Crippen LogP contribution in [0, 0.1) is 5.92 Å². The molecule has 3 aromatic heterocycles. The van der Waals surface area contributed by atoms with Crippen molar-refractivity contribution in [2.45, 2.75) is 18.9 Å². The van der Waals surface area contributed by atoms with Crippen molar-refractivity contribution in [3.05, 3.63) is 42.9 Å². The predicted molar refractivity (Wildman–Crippen MR) is 83.8 cm³/mol. The largest absolute Gasteiger partial charge is 0.336 e. The van der Waals surface area contributed by atoms with Gasteiger partial charge in [-0.15, -0.1) is 10.2 Å². The summed E-state index contributed by atoms with van der Waals surface area (Å²) < 4.78 is 3.70. The minimum Gasteiger partial charge on any atom is -0.336 e. The van der Waals surface area contributed by atoms with Crippen molar-refractivity contribution >= 4 is 17.4 Å². The lowest BCUT2D eigenvalue weighted by molar-refractivity contribution is 0.246. The van der Waals surface area contributed by atoms with E-state index in [1.54, 1.807) is 23.0 Å². The third-order valence-corrected chi connectivity index (χ3v) is 4.09. The molecule has 0 radical (unpaired) electrons. The average Bonchev–Trinajstić information content (AvgIpc) is 3.10. The van der Waals surface area contributed by atoms with Gasteiger partial charge in [-0.1, -0.05) is 0 Å². The first-order valence-corrected chi connectivity index (χ1v) is 7.55. The Hall–Kier alpha value is -2.90. The molecule has 0 aliphatic heterocycles. The number of nitrogens with zero attached hydrogens (tertiary/aromatic N) is 5. The number of pyridine rings is 1. The summed E-state index contributed by atoms with van der Waals surface area (Å²) in [4.78, 5) is 16.8. The van der Waals surface area contributed by atoms with Crippen molar-refractivity contribution in [2.24, 2.45) is 13.0 Å².